The van der Waals surface area contributed by atoms with E-state index in [1.54, 1.807) is 6.07 Å². The van der Waals surface area contributed by atoms with E-state index in [9.17, 15) is 4.79 Å². The summed E-state index contributed by atoms with van der Waals surface area (Å²) in [5.41, 5.74) is 2.73. The van der Waals surface area contributed by atoms with Gasteiger partial charge in [0.15, 0.2) is 0 Å². The molecule has 0 radical (unpaired) electrons. The molecule has 1 aromatic carbocycles. The van der Waals surface area contributed by atoms with Crippen LogP contribution in [0.4, 0.5) is 0 Å². The molecular weight excluding hydrogens is 347 g/mol. The summed E-state index contributed by atoms with van der Waals surface area (Å²) < 4.78 is 8.40. The number of hydrogen-bond donors (Lipinski definition) is 1. The normalized spacial score (nSPS) is 11.1. The molecular formula is C16H10N2O3Se. The Balaban J connectivity index is 1.92. The van der Waals surface area contributed by atoms with Crippen molar-refractivity contribution in [2.75, 3.05) is 0 Å². The van der Waals surface area contributed by atoms with Gasteiger partial charge in [0.1, 0.15) is 0 Å². The summed E-state index contributed by atoms with van der Waals surface area (Å²) in [6.45, 7) is 0. The second-order valence-corrected chi connectivity index (χ2v) is 6.62. The van der Waals surface area contributed by atoms with Gasteiger partial charge in [-0.25, -0.2) is 0 Å². The van der Waals surface area contributed by atoms with Crippen LogP contribution >= 0.6 is 0 Å². The third-order valence-electron chi connectivity index (χ3n) is 3.34. The number of benzene rings is 1. The van der Waals surface area contributed by atoms with Crippen LogP contribution < -0.4 is 0 Å². The van der Waals surface area contributed by atoms with Crippen molar-refractivity contribution in [3.8, 4) is 17.1 Å². The number of carbonyl (C=O) groups is 1. The zero-order valence-corrected chi connectivity index (χ0v) is 13.0. The summed E-state index contributed by atoms with van der Waals surface area (Å²) in [6, 6.07) is 15.0. The maximum absolute atomic E-state index is 11.0. The van der Waals surface area contributed by atoms with Crippen molar-refractivity contribution in [2.45, 2.75) is 0 Å². The van der Waals surface area contributed by atoms with E-state index in [1.165, 1.54) is 6.07 Å². The van der Waals surface area contributed by atoms with E-state index in [-0.39, 0.29) is 20.3 Å². The number of rotatable bonds is 3. The Morgan fingerprint density at radius 3 is 2.68 bits per heavy atom. The zero-order valence-electron chi connectivity index (χ0n) is 11.3. The van der Waals surface area contributed by atoms with Crippen molar-refractivity contribution in [1.82, 2.24) is 9.78 Å². The van der Waals surface area contributed by atoms with Gasteiger partial charge in [0.05, 0.1) is 0 Å². The summed E-state index contributed by atoms with van der Waals surface area (Å²) in [4.78, 5) is 13.1. The molecule has 0 aliphatic heterocycles. The van der Waals surface area contributed by atoms with Crippen molar-refractivity contribution in [1.29, 1.82) is 0 Å². The number of hydrogen-bond acceptors (Lipinski definition) is 3. The summed E-state index contributed by atoms with van der Waals surface area (Å²) >= 11 is 0.174. The van der Waals surface area contributed by atoms with Gasteiger partial charge in [-0.2, -0.15) is 0 Å². The van der Waals surface area contributed by atoms with Crippen molar-refractivity contribution < 1.29 is 14.3 Å². The van der Waals surface area contributed by atoms with Crippen molar-refractivity contribution in [2.24, 2.45) is 0 Å². The number of carboxylic acid groups (broad SMARTS) is 1. The van der Waals surface area contributed by atoms with Crippen molar-refractivity contribution in [3.63, 3.8) is 0 Å². The van der Waals surface area contributed by atoms with E-state index in [4.69, 9.17) is 9.52 Å². The monoisotopic (exact) mass is 358 g/mol. The first kappa shape index (κ1) is 13.1. The van der Waals surface area contributed by atoms with Crippen LogP contribution in [0.5, 0.6) is 0 Å². The molecule has 4 rings (SSSR count). The van der Waals surface area contributed by atoms with E-state index in [0.717, 1.165) is 21.2 Å². The Labute approximate surface area is 131 Å². The number of aromatic carboxylic acids is 1. The average Bonchev–Trinajstić information content (AvgIpc) is 3.23. The molecule has 0 fully saturated rings. The van der Waals surface area contributed by atoms with E-state index >= 15 is 0 Å². The number of furan rings is 1. The summed E-state index contributed by atoms with van der Waals surface area (Å²) in [5, 5.41) is 13.6. The second kappa shape index (κ2) is 5.02. The van der Waals surface area contributed by atoms with Gasteiger partial charge < -0.3 is 0 Å². The number of nitrogens with zero attached hydrogens (tertiary/aromatic N) is 2. The molecule has 3 aromatic heterocycles. The Kier molecular flexibility index (Phi) is 2.99. The molecule has 108 valence electrons. The molecule has 0 bridgehead atoms. The molecule has 6 heteroatoms. The quantitative estimate of drug-likeness (QED) is 0.573. The van der Waals surface area contributed by atoms with E-state index in [1.807, 2.05) is 35.0 Å². The van der Waals surface area contributed by atoms with Crippen LogP contribution in [0.3, 0.4) is 0 Å². The number of carboxylic acids is 1. The second-order valence-electron chi connectivity index (χ2n) is 4.70. The van der Waals surface area contributed by atoms with Crippen LogP contribution in [0.25, 0.3) is 26.9 Å². The van der Waals surface area contributed by atoms with Gasteiger partial charge in [-0.15, -0.1) is 0 Å². The number of para-hydroxylation sites is 1. The average molecular weight is 357 g/mol. The fourth-order valence-electron chi connectivity index (χ4n) is 2.35. The van der Waals surface area contributed by atoms with Crippen LogP contribution in [0.1, 0.15) is 10.6 Å². The van der Waals surface area contributed by atoms with Gasteiger partial charge in [-0.3, -0.25) is 0 Å². The predicted octanol–water partition coefficient (Wildman–Crippen LogP) is 3.04. The summed E-state index contributed by atoms with van der Waals surface area (Å²) in [5.74, 6) is -0.653. The van der Waals surface area contributed by atoms with Crippen LogP contribution in [0.15, 0.2) is 57.9 Å². The molecule has 0 saturated heterocycles. The van der Waals surface area contributed by atoms with E-state index in [0.29, 0.717) is 5.76 Å². The molecule has 4 aromatic rings. The third kappa shape index (κ3) is 2.01. The van der Waals surface area contributed by atoms with Gasteiger partial charge in [0, 0.05) is 0 Å². The van der Waals surface area contributed by atoms with Gasteiger partial charge in [-0.05, 0) is 0 Å². The maximum atomic E-state index is 11.0. The molecule has 3 heterocycles. The first-order valence-electron chi connectivity index (χ1n) is 6.59. The first-order valence-corrected chi connectivity index (χ1v) is 8.44. The third-order valence-corrected chi connectivity index (χ3v) is 5.25. The predicted molar refractivity (Wildman–Crippen MR) is 82.7 cm³/mol. The molecule has 5 nitrogen and oxygen atoms in total. The molecule has 0 saturated carbocycles. The number of fused-ring (bicyclic) bond motifs is 1. The fraction of sp³-hybridized carbons (Fsp3) is 0. The Morgan fingerprint density at radius 1 is 1.14 bits per heavy atom. The number of aromatic nitrogens is 2. The molecule has 0 aliphatic carbocycles. The van der Waals surface area contributed by atoms with Gasteiger partial charge in [0.2, 0.25) is 0 Å². The zero-order chi connectivity index (χ0) is 15.1. The fourth-order valence-corrected chi connectivity index (χ4v) is 4.16. The van der Waals surface area contributed by atoms with Crippen molar-refractivity contribution >= 4 is 30.2 Å². The SMILES string of the molecule is O=C(O)c1ccc(-c2nn(-c3ccccc3)c3cc[se]c23)o1. The molecule has 22 heavy (non-hydrogen) atoms. The molecule has 0 amide bonds. The Morgan fingerprint density at radius 2 is 1.95 bits per heavy atom. The Hall–Kier alpha value is -2.56. The summed E-state index contributed by atoms with van der Waals surface area (Å²) in [6.07, 6.45) is 0. The van der Waals surface area contributed by atoms with Crippen LogP contribution in [-0.2, 0) is 0 Å². The minimum absolute atomic E-state index is 0.0727. The van der Waals surface area contributed by atoms with E-state index < -0.39 is 5.97 Å². The van der Waals surface area contributed by atoms with Crippen LogP contribution in [0, 0.1) is 0 Å². The van der Waals surface area contributed by atoms with Crippen LogP contribution in [-0.4, -0.2) is 35.4 Å². The first-order chi connectivity index (χ1) is 10.7. The van der Waals surface area contributed by atoms with Crippen molar-refractivity contribution in [3.05, 3.63) is 59.2 Å². The molecule has 1 N–H and O–H groups in total. The molecule has 0 aliphatic rings. The van der Waals surface area contributed by atoms with Gasteiger partial charge in [0.25, 0.3) is 0 Å². The molecule has 0 spiro atoms. The van der Waals surface area contributed by atoms with Gasteiger partial charge in [-0.1, -0.05) is 0 Å². The van der Waals surface area contributed by atoms with E-state index in [2.05, 4.69) is 16.1 Å². The molecule has 0 atom stereocenters. The molecule has 0 unspecified atom stereocenters. The van der Waals surface area contributed by atoms with Crippen LogP contribution in [0.2, 0.25) is 0 Å². The topological polar surface area (TPSA) is 68.3 Å². The minimum atomic E-state index is -1.07. The van der Waals surface area contributed by atoms with Gasteiger partial charge >= 0.3 is 131 Å². The Bertz CT molecular complexity index is 966. The standard InChI is InChI=1S/C16H10N2O3Se/c19-16(20)13-7-6-12(21-13)14-15-11(8-9-22-15)18(17-14)10-4-2-1-3-5-10/h1-9H,(H,19,20). The summed E-state index contributed by atoms with van der Waals surface area (Å²) in [7, 11) is 0.